The molecule has 1 aliphatic rings. The molecule has 1 fully saturated rings. The summed E-state index contributed by atoms with van der Waals surface area (Å²) in [5, 5.41) is 12.2. The molecule has 1 heterocycles. The number of carbonyl (C=O) groups is 2. The van der Waals surface area contributed by atoms with Gasteiger partial charge >= 0.3 is 0 Å². The molecule has 6 nitrogen and oxygen atoms in total. The molecule has 0 radical (unpaired) electrons. The van der Waals surface area contributed by atoms with Crippen LogP contribution in [0.1, 0.15) is 10.4 Å². The van der Waals surface area contributed by atoms with E-state index < -0.39 is 17.6 Å². The van der Waals surface area contributed by atoms with Crippen molar-refractivity contribution >= 4 is 11.7 Å². The van der Waals surface area contributed by atoms with Crippen molar-refractivity contribution in [3.63, 3.8) is 0 Å². The average Bonchev–Trinajstić information content (AvgIpc) is 2.49. The number of morpholine rings is 1. The Morgan fingerprint density at radius 3 is 3.00 bits per heavy atom. The highest BCUT2D eigenvalue weighted by Crippen LogP contribution is 2.19. The number of phenolic OH excluding ortho intramolecular Hbond substituents is 1. The third kappa shape index (κ3) is 3.56. The quantitative estimate of drug-likeness (QED) is 0.774. The van der Waals surface area contributed by atoms with Crippen LogP contribution in [0, 0.1) is 5.82 Å². The Kier molecular flexibility index (Phi) is 4.87. The van der Waals surface area contributed by atoms with Crippen LogP contribution in [0.2, 0.25) is 0 Å². The van der Waals surface area contributed by atoms with Crippen LogP contribution in [-0.4, -0.2) is 61.1 Å². The van der Waals surface area contributed by atoms with E-state index in [0.29, 0.717) is 13.2 Å². The second kappa shape index (κ2) is 6.64. The largest absolute Gasteiger partial charge is 0.507 e. The minimum absolute atomic E-state index is 0.0849. The molecule has 1 aliphatic heterocycles. The van der Waals surface area contributed by atoms with Crippen LogP contribution in [0.5, 0.6) is 5.75 Å². The summed E-state index contributed by atoms with van der Waals surface area (Å²) in [4.78, 5) is 25.6. The number of ketones is 1. The van der Waals surface area contributed by atoms with Gasteiger partial charge < -0.3 is 15.2 Å². The summed E-state index contributed by atoms with van der Waals surface area (Å²) >= 11 is 0. The zero-order valence-corrected chi connectivity index (χ0v) is 11.6. The van der Waals surface area contributed by atoms with Crippen molar-refractivity contribution in [3.05, 3.63) is 29.6 Å². The average molecular weight is 296 g/mol. The molecule has 1 amide bonds. The third-order valence-electron chi connectivity index (χ3n) is 3.39. The number of aromatic hydroxyl groups is 1. The van der Waals surface area contributed by atoms with Crippen molar-refractivity contribution in [1.82, 2.24) is 10.2 Å². The molecule has 0 bridgehead atoms. The molecule has 1 unspecified atom stereocenters. The summed E-state index contributed by atoms with van der Waals surface area (Å²) in [6, 6.07) is 2.64. The summed E-state index contributed by atoms with van der Waals surface area (Å²) in [6.45, 7) is 0.941. The zero-order chi connectivity index (χ0) is 15.4. The number of benzene rings is 1. The number of amides is 1. The fourth-order valence-electron chi connectivity index (χ4n) is 2.24. The lowest BCUT2D eigenvalue weighted by Crippen LogP contribution is -2.54. The summed E-state index contributed by atoms with van der Waals surface area (Å²) in [7, 11) is 1.51. The fraction of sp³-hybridized carbons (Fsp3) is 0.429. The maximum Gasteiger partial charge on any atom is 0.239 e. The minimum Gasteiger partial charge on any atom is -0.507 e. The predicted molar refractivity (Wildman–Crippen MR) is 72.6 cm³/mol. The van der Waals surface area contributed by atoms with Gasteiger partial charge in [0.15, 0.2) is 5.78 Å². The van der Waals surface area contributed by atoms with Gasteiger partial charge in [-0.25, -0.2) is 4.39 Å². The standard InChI is InChI=1S/C14H17FN2O4/c1-16-14(20)11-8-21-5-4-17(11)7-13(19)10-6-9(15)2-3-12(10)18/h2-3,6,11,18H,4-5,7-8H2,1H3,(H,16,20). The lowest BCUT2D eigenvalue weighted by Gasteiger charge is -2.33. The molecular formula is C14H17FN2O4. The van der Waals surface area contributed by atoms with Crippen LogP contribution in [0.3, 0.4) is 0 Å². The van der Waals surface area contributed by atoms with Crippen LogP contribution in [-0.2, 0) is 9.53 Å². The Hall–Kier alpha value is -1.99. The van der Waals surface area contributed by atoms with E-state index in [1.165, 1.54) is 7.05 Å². The van der Waals surface area contributed by atoms with Crippen LogP contribution >= 0.6 is 0 Å². The Labute approximate surface area is 121 Å². The number of hydrogen-bond acceptors (Lipinski definition) is 5. The number of hydrogen-bond donors (Lipinski definition) is 2. The molecule has 1 saturated heterocycles. The van der Waals surface area contributed by atoms with Gasteiger partial charge in [-0.1, -0.05) is 0 Å². The first-order valence-corrected chi connectivity index (χ1v) is 6.58. The topological polar surface area (TPSA) is 78.9 Å². The highest BCUT2D eigenvalue weighted by atomic mass is 19.1. The molecule has 0 spiro atoms. The first-order valence-electron chi connectivity index (χ1n) is 6.58. The van der Waals surface area contributed by atoms with Gasteiger partial charge in [-0.2, -0.15) is 0 Å². The molecule has 1 atom stereocenters. The van der Waals surface area contributed by atoms with E-state index in [1.807, 2.05) is 0 Å². The van der Waals surface area contributed by atoms with Crippen molar-refractivity contribution in [1.29, 1.82) is 0 Å². The van der Waals surface area contributed by atoms with E-state index in [9.17, 15) is 19.1 Å². The molecule has 1 aromatic rings. The van der Waals surface area contributed by atoms with Gasteiger partial charge in [0.2, 0.25) is 5.91 Å². The van der Waals surface area contributed by atoms with E-state index in [0.717, 1.165) is 18.2 Å². The Morgan fingerprint density at radius 2 is 2.29 bits per heavy atom. The first-order chi connectivity index (χ1) is 10.0. The maximum absolute atomic E-state index is 13.2. The number of ether oxygens (including phenoxy) is 1. The molecule has 1 aromatic carbocycles. The Bertz CT molecular complexity index is 550. The smallest absolute Gasteiger partial charge is 0.239 e. The number of nitrogens with zero attached hydrogens (tertiary/aromatic N) is 1. The van der Waals surface area contributed by atoms with E-state index in [4.69, 9.17) is 4.74 Å². The van der Waals surface area contributed by atoms with Crippen LogP contribution < -0.4 is 5.32 Å². The number of Topliss-reactive ketones (excluding diaryl/α,β-unsaturated/α-hetero) is 1. The number of halogens is 1. The molecule has 0 saturated carbocycles. The summed E-state index contributed by atoms with van der Waals surface area (Å²) in [5.74, 6) is -1.55. The van der Waals surface area contributed by atoms with Crippen molar-refractivity contribution in [2.75, 3.05) is 33.4 Å². The van der Waals surface area contributed by atoms with Crippen molar-refractivity contribution in [2.45, 2.75) is 6.04 Å². The number of carbonyl (C=O) groups excluding carboxylic acids is 2. The number of likely N-dealkylation sites (N-methyl/N-ethyl adjacent to an activating group) is 1. The van der Waals surface area contributed by atoms with E-state index in [1.54, 1.807) is 4.90 Å². The van der Waals surface area contributed by atoms with Crippen LogP contribution in [0.4, 0.5) is 4.39 Å². The van der Waals surface area contributed by atoms with Gasteiger partial charge in [0.1, 0.15) is 17.6 Å². The molecule has 0 aromatic heterocycles. The Morgan fingerprint density at radius 1 is 1.52 bits per heavy atom. The van der Waals surface area contributed by atoms with Gasteiger partial charge in [-0.3, -0.25) is 14.5 Å². The number of rotatable bonds is 4. The van der Waals surface area contributed by atoms with E-state index in [-0.39, 0.29) is 30.4 Å². The van der Waals surface area contributed by atoms with Gasteiger partial charge in [-0.05, 0) is 18.2 Å². The fourth-order valence-corrected chi connectivity index (χ4v) is 2.24. The molecule has 21 heavy (non-hydrogen) atoms. The van der Waals surface area contributed by atoms with E-state index >= 15 is 0 Å². The van der Waals surface area contributed by atoms with Gasteiger partial charge in [0.05, 0.1) is 25.3 Å². The molecule has 114 valence electrons. The maximum atomic E-state index is 13.2. The summed E-state index contributed by atoms with van der Waals surface area (Å²) in [5.41, 5.74) is -0.0860. The lowest BCUT2D eigenvalue weighted by molar-refractivity contribution is -0.131. The SMILES string of the molecule is CNC(=O)C1COCCN1CC(=O)c1cc(F)ccc1O. The van der Waals surface area contributed by atoms with Crippen LogP contribution in [0.15, 0.2) is 18.2 Å². The summed E-state index contributed by atoms with van der Waals surface area (Å²) < 4.78 is 18.4. The van der Waals surface area contributed by atoms with Crippen molar-refractivity contribution in [2.24, 2.45) is 0 Å². The predicted octanol–water partition coefficient (Wildman–Crippen LogP) is 0.161. The highest BCUT2D eigenvalue weighted by Gasteiger charge is 2.30. The molecule has 0 aliphatic carbocycles. The monoisotopic (exact) mass is 296 g/mol. The van der Waals surface area contributed by atoms with Crippen molar-refractivity contribution in [3.8, 4) is 5.75 Å². The molecule has 2 N–H and O–H groups in total. The molecule has 7 heteroatoms. The van der Waals surface area contributed by atoms with Crippen LogP contribution in [0.25, 0.3) is 0 Å². The molecular weight excluding hydrogens is 279 g/mol. The zero-order valence-electron chi connectivity index (χ0n) is 11.6. The van der Waals surface area contributed by atoms with Gasteiger partial charge in [0.25, 0.3) is 0 Å². The molecule has 2 rings (SSSR count). The van der Waals surface area contributed by atoms with Gasteiger partial charge in [-0.15, -0.1) is 0 Å². The first kappa shape index (κ1) is 15.4. The highest BCUT2D eigenvalue weighted by molar-refractivity contribution is 6.00. The third-order valence-corrected chi connectivity index (χ3v) is 3.39. The lowest BCUT2D eigenvalue weighted by atomic mass is 10.1. The van der Waals surface area contributed by atoms with E-state index in [2.05, 4.69) is 5.32 Å². The second-order valence-electron chi connectivity index (χ2n) is 4.76. The van der Waals surface area contributed by atoms with Crippen molar-refractivity contribution < 1.29 is 23.8 Å². The number of phenols is 1. The summed E-state index contributed by atoms with van der Waals surface area (Å²) in [6.07, 6.45) is 0. The van der Waals surface area contributed by atoms with Gasteiger partial charge in [0, 0.05) is 13.6 Å². The number of nitrogens with one attached hydrogen (secondary N) is 1. The minimum atomic E-state index is -0.596. The normalized spacial score (nSPS) is 19.2. The second-order valence-corrected chi connectivity index (χ2v) is 4.76. The Balaban J connectivity index is 2.13.